The lowest BCUT2D eigenvalue weighted by molar-refractivity contribution is -0.401. The number of ether oxygens (including phenoxy) is 15. The van der Waals surface area contributed by atoms with Gasteiger partial charge < -0.3 is 204 Å². The summed E-state index contributed by atoms with van der Waals surface area (Å²) < 4.78 is 86.5. The molecule has 8 aliphatic rings. The second-order valence-corrected chi connectivity index (χ2v) is 23.9. The van der Waals surface area contributed by atoms with Gasteiger partial charge in [-0.15, -0.1) is 0 Å². The topological polar surface area (TPSA) is 682 Å². The van der Waals surface area contributed by atoms with Crippen molar-refractivity contribution in [3.05, 3.63) is 0 Å². The first-order valence-electron chi connectivity index (χ1n) is 30.1. The third-order valence-electron chi connectivity index (χ3n) is 17.4. The molecular formula is C52H88N2O41. The molecule has 43 nitrogen and oxygen atoms in total. The Balaban J connectivity index is 1.13. The Labute approximate surface area is 536 Å². The summed E-state index contributed by atoms with van der Waals surface area (Å²) in [7, 11) is 0. The van der Waals surface area contributed by atoms with Crippen LogP contribution in [0.3, 0.4) is 0 Å². The highest BCUT2D eigenvalue weighted by Gasteiger charge is 2.59. The van der Waals surface area contributed by atoms with E-state index in [0.717, 1.165) is 13.8 Å². The van der Waals surface area contributed by atoms with E-state index in [1.807, 2.05) is 0 Å². The van der Waals surface area contributed by atoms with Gasteiger partial charge in [-0.1, -0.05) is 0 Å². The van der Waals surface area contributed by atoms with Crippen LogP contribution in [0.2, 0.25) is 0 Å². The summed E-state index contributed by atoms with van der Waals surface area (Å²) in [5.41, 5.74) is 0. The van der Waals surface area contributed by atoms with Crippen molar-refractivity contribution in [3.8, 4) is 0 Å². The smallest absolute Gasteiger partial charge is 0.217 e. The molecule has 0 aromatic rings. The normalized spacial score (nSPS) is 50.8. The largest absolute Gasteiger partial charge is 0.394 e. The van der Waals surface area contributed by atoms with E-state index in [9.17, 15) is 132 Å². The second-order valence-electron chi connectivity index (χ2n) is 23.9. The van der Waals surface area contributed by atoms with Crippen molar-refractivity contribution in [1.82, 2.24) is 10.6 Å². The van der Waals surface area contributed by atoms with Gasteiger partial charge in [0.25, 0.3) is 0 Å². The minimum Gasteiger partial charge on any atom is -0.394 e. The van der Waals surface area contributed by atoms with Crippen LogP contribution in [0.1, 0.15) is 13.8 Å². The first-order valence-corrected chi connectivity index (χ1v) is 30.1. The molecule has 0 saturated carbocycles. The fourth-order valence-corrected chi connectivity index (χ4v) is 12.1. The van der Waals surface area contributed by atoms with E-state index in [1.165, 1.54) is 0 Å². The Hall–Kier alpha value is -2.62. The van der Waals surface area contributed by atoms with Gasteiger partial charge in [0.2, 0.25) is 11.8 Å². The van der Waals surface area contributed by atoms with E-state index in [-0.39, 0.29) is 0 Å². The van der Waals surface area contributed by atoms with Gasteiger partial charge in [-0.2, -0.15) is 0 Å². The molecule has 0 aliphatic carbocycles. The molecule has 0 unspecified atom stereocenters. The molecule has 0 radical (unpaired) electrons. The van der Waals surface area contributed by atoms with Crippen LogP contribution in [0.4, 0.5) is 0 Å². The van der Waals surface area contributed by atoms with Crippen LogP contribution in [0.5, 0.6) is 0 Å². The molecule has 0 bridgehead atoms. The van der Waals surface area contributed by atoms with Crippen molar-refractivity contribution in [2.75, 3.05) is 52.9 Å². The summed E-state index contributed by atoms with van der Waals surface area (Å²) in [6, 6.07) is -3.50. The van der Waals surface area contributed by atoms with Crippen LogP contribution in [0.25, 0.3) is 0 Å². The maximum Gasteiger partial charge on any atom is 0.217 e. The van der Waals surface area contributed by atoms with E-state index >= 15 is 0 Å². The average molecular weight is 1400 g/mol. The van der Waals surface area contributed by atoms with Gasteiger partial charge in [0, 0.05) is 13.8 Å². The van der Waals surface area contributed by atoms with Gasteiger partial charge in [0.05, 0.1) is 52.9 Å². The first-order chi connectivity index (χ1) is 44.9. The molecule has 95 heavy (non-hydrogen) atoms. The number of carbonyl (C=O) groups excluding carboxylic acids is 2. The zero-order valence-electron chi connectivity index (χ0n) is 50.4. The number of carbonyl (C=O) groups is 2. The molecule has 8 rings (SSSR count). The van der Waals surface area contributed by atoms with E-state index in [2.05, 4.69) is 10.6 Å². The predicted octanol–water partition coefficient (Wildman–Crippen LogP) is -18.2. The maximum atomic E-state index is 12.8. The van der Waals surface area contributed by atoms with Crippen LogP contribution in [-0.2, 0) is 80.6 Å². The highest BCUT2D eigenvalue weighted by Crippen LogP contribution is 2.38. The highest BCUT2D eigenvalue weighted by molar-refractivity contribution is 5.73. The molecule has 0 aromatic heterocycles. The van der Waals surface area contributed by atoms with E-state index < -0.39 is 310 Å². The average Bonchev–Trinajstić information content (AvgIpc) is 0.775. The molecule has 8 heterocycles. The predicted molar refractivity (Wildman–Crippen MR) is 288 cm³/mol. The van der Waals surface area contributed by atoms with E-state index in [4.69, 9.17) is 71.1 Å². The third-order valence-corrected chi connectivity index (χ3v) is 17.4. The van der Waals surface area contributed by atoms with Crippen LogP contribution >= 0.6 is 0 Å². The van der Waals surface area contributed by atoms with Gasteiger partial charge in [0.1, 0.15) is 195 Å². The summed E-state index contributed by atoms with van der Waals surface area (Å²) in [6.07, 6.45) is -78.0. The number of rotatable bonds is 24. The van der Waals surface area contributed by atoms with Crippen molar-refractivity contribution in [2.24, 2.45) is 0 Å². The Morgan fingerprint density at radius 2 is 0.568 bits per heavy atom. The molecule has 8 saturated heterocycles. The minimum absolute atomic E-state index is 0.768. The highest BCUT2D eigenvalue weighted by atomic mass is 16.8. The number of hydrogen-bond donors (Lipinski definition) is 26. The SMILES string of the molecule is CC(=O)N[C@@H]1[C@@H](O)[C@H](O[C@@H]2O[C@H](CO)[C@@H](O[C@@H]3O[C@H](CO[C@H]4O[C@H](CO)[C@@H](O)[C@H](O[C@H]5O[C@H](CO)[C@@H](O)[C@H](O)[C@@H]5O)[C@@H]4O)[C@@H](O)[C@H](O[C@H]4O[C@H](CO[C@H]5O[C@H](CO)[C@@H](O)[C@H](O)[C@@H]5O)[C@@H](O)[C@H](O)[C@@H]4O[C@H]4O[C@H](CO)[C@@H](O)[C@H](O)[C@@H]4O)[C@@H]3O)[C@H](O)[C@H]2NC(C)=O)[C@@H](CO)O[C@H]1O. The second kappa shape index (κ2) is 33.9. The summed E-state index contributed by atoms with van der Waals surface area (Å²) >= 11 is 0. The van der Waals surface area contributed by atoms with Crippen LogP contribution in [0.15, 0.2) is 0 Å². The quantitative estimate of drug-likeness (QED) is 0.0427. The lowest BCUT2D eigenvalue weighted by Gasteiger charge is -2.51. The van der Waals surface area contributed by atoms with Crippen LogP contribution < -0.4 is 10.6 Å². The molecule has 2 amide bonds. The van der Waals surface area contributed by atoms with Crippen LogP contribution in [0, 0.1) is 0 Å². The standard InChI is InChI=1S/C52H88N2O41/c1-11(61)53-21-29(69)40(17(7-59)83-45(21)80)91-46-22(54-12(2)62)30(70)41(18(8-60)88-46)92-51-39(79)43(28(68)20(89-51)10-82-48-38(78)42(27(67)16(6-58)85-48)93-49-36(76)32(72)24(64)14(4-56)86-49)94-52-44(95-50-37(77)33(73)25(65)15(5-57)87-50)34(74)26(66)19(90-52)9-81-47-35(75)31(71)23(63)13(3-55)84-47/h13-52,55-60,63-80H,3-10H2,1-2H3,(H,53,61)(H,54,62)/t13-,14-,15-,16-,17-,18-,19-,20-,21-,22-,23-,24-,25-,26-,27-,28-,29-,30-,31+,32+,33+,34+,35+,36+,37+,38+,39+,40-,41-,42+,43+,44+,45-,46+,47+,48+,49-,50-,51+,52-/m1/s1. The van der Waals surface area contributed by atoms with Gasteiger partial charge in [-0.3, -0.25) is 9.59 Å². The number of nitrogens with one attached hydrogen (secondary N) is 2. The number of hydrogen-bond acceptors (Lipinski definition) is 41. The third kappa shape index (κ3) is 17.0. The lowest BCUT2D eigenvalue weighted by Crippen LogP contribution is -2.70. The van der Waals surface area contributed by atoms with Crippen molar-refractivity contribution < 1.29 is 203 Å². The summed E-state index contributed by atoms with van der Waals surface area (Å²) in [5, 5.41) is 266. The van der Waals surface area contributed by atoms with E-state index in [1.54, 1.807) is 0 Å². The minimum atomic E-state index is -2.52. The zero-order valence-corrected chi connectivity index (χ0v) is 50.4. The zero-order chi connectivity index (χ0) is 69.9. The van der Waals surface area contributed by atoms with Crippen molar-refractivity contribution in [1.29, 1.82) is 0 Å². The Bertz CT molecular complexity index is 2380. The fourth-order valence-electron chi connectivity index (χ4n) is 12.1. The van der Waals surface area contributed by atoms with Gasteiger partial charge in [-0.05, 0) is 0 Å². The monoisotopic (exact) mass is 1400 g/mol. The Kier molecular flexibility index (Phi) is 27.9. The van der Waals surface area contributed by atoms with Gasteiger partial charge in [-0.25, -0.2) is 0 Å². The van der Waals surface area contributed by atoms with Gasteiger partial charge >= 0.3 is 0 Å². The van der Waals surface area contributed by atoms with Gasteiger partial charge in [0.15, 0.2) is 50.3 Å². The fraction of sp³-hybridized carbons (Fsp3) is 0.962. The van der Waals surface area contributed by atoms with Crippen molar-refractivity contribution in [2.45, 2.75) is 259 Å². The molecule has 8 aliphatic heterocycles. The first kappa shape index (κ1) is 78.1. The van der Waals surface area contributed by atoms with Crippen molar-refractivity contribution >= 4 is 11.8 Å². The molecule has 552 valence electrons. The summed E-state index contributed by atoms with van der Waals surface area (Å²) in [4.78, 5) is 24.9. The molecule has 0 spiro atoms. The maximum absolute atomic E-state index is 12.8. The van der Waals surface area contributed by atoms with E-state index in [0.29, 0.717) is 0 Å². The summed E-state index contributed by atoms with van der Waals surface area (Å²) in [5.74, 6) is -1.68. The molecule has 26 N–H and O–H groups in total. The Morgan fingerprint density at radius 1 is 0.274 bits per heavy atom. The molecule has 43 heteroatoms. The number of amides is 2. The number of aliphatic hydroxyl groups is 24. The molecule has 40 atom stereocenters. The summed E-state index contributed by atoms with van der Waals surface area (Å²) in [6.45, 7) is -6.23. The lowest BCUT2D eigenvalue weighted by atomic mass is 9.94. The van der Waals surface area contributed by atoms with Crippen molar-refractivity contribution in [3.63, 3.8) is 0 Å². The van der Waals surface area contributed by atoms with Crippen LogP contribution in [-0.4, -0.2) is 433 Å². The number of aliphatic hydroxyl groups excluding tert-OH is 24. The molecular weight excluding hydrogens is 1310 g/mol. The molecule has 0 aromatic carbocycles. The molecule has 8 fully saturated rings. The Morgan fingerprint density at radius 3 is 1.04 bits per heavy atom.